The van der Waals surface area contributed by atoms with Crippen molar-refractivity contribution in [3.8, 4) is 6.07 Å². The van der Waals surface area contributed by atoms with Gasteiger partial charge in [0, 0.05) is 17.5 Å². The number of Topliss-reactive ketones (excluding diaryl/α,β-unsaturated/α-hetero) is 1. The maximum Gasteiger partial charge on any atom is 0.337 e. The second-order valence-electron chi connectivity index (χ2n) is 7.66. The Bertz CT molecular complexity index is 997. The van der Waals surface area contributed by atoms with Crippen LogP contribution < -0.4 is 0 Å². The molecule has 0 amide bonds. The number of carbonyl (C=O) groups is 2. The van der Waals surface area contributed by atoms with Gasteiger partial charge in [-0.2, -0.15) is 5.26 Å². The zero-order chi connectivity index (χ0) is 19.9. The first kappa shape index (κ1) is 18.3. The van der Waals surface area contributed by atoms with E-state index in [-0.39, 0.29) is 17.6 Å². The van der Waals surface area contributed by atoms with Gasteiger partial charge < -0.3 is 4.74 Å². The first-order valence-electron chi connectivity index (χ1n) is 9.44. The summed E-state index contributed by atoms with van der Waals surface area (Å²) in [6, 6.07) is 9.54. The molecule has 2 aliphatic carbocycles. The van der Waals surface area contributed by atoms with Crippen LogP contribution in [-0.4, -0.2) is 28.8 Å². The summed E-state index contributed by atoms with van der Waals surface area (Å²) in [5.41, 5.74) is 2.67. The number of esters is 1. The van der Waals surface area contributed by atoms with Crippen molar-refractivity contribution in [1.82, 2.24) is 9.97 Å². The summed E-state index contributed by atoms with van der Waals surface area (Å²) in [4.78, 5) is 33.7. The molecular formula is C22H21N3O3. The molecule has 4 atom stereocenters. The van der Waals surface area contributed by atoms with Gasteiger partial charge in [0.1, 0.15) is 12.2 Å². The summed E-state index contributed by atoms with van der Waals surface area (Å²) in [6.45, 7) is 1.92. The molecule has 142 valence electrons. The van der Waals surface area contributed by atoms with Gasteiger partial charge in [0.05, 0.1) is 24.4 Å². The number of fused-ring (bicyclic) bond motifs is 3. The normalized spacial score (nSPS) is 28.6. The minimum atomic E-state index is -0.700. The highest BCUT2D eigenvalue weighted by molar-refractivity contribution is 5.90. The highest BCUT2D eigenvalue weighted by atomic mass is 16.5. The van der Waals surface area contributed by atoms with Crippen LogP contribution in [-0.2, 0) is 21.4 Å². The van der Waals surface area contributed by atoms with Gasteiger partial charge in [0.25, 0.3) is 0 Å². The lowest BCUT2D eigenvalue weighted by atomic mass is 9.51. The molecule has 6 heteroatoms. The third-order valence-corrected chi connectivity index (χ3v) is 6.44. The monoisotopic (exact) mass is 375 g/mol. The molecule has 0 N–H and O–H groups in total. The number of ether oxygens (including phenoxy) is 1. The van der Waals surface area contributed by atoms with E-state index in [1.165, 1.54) is 13.4 Å². The van der Waals surface area contributed by atoms with Crippen molar-refractivity contribution < 1.29 is 14.3 Å². The maximum absolute atomic E-state index is 12.8. The number of aryl methyl sites for hydroxylation is 1. The standard InChI is InChI=1S/C22H21N3O3/c1-13-18-7-6-15-11-24-12-25-20(15)22(18,9-16(10-23)19(13)26)17-5-3-4-14(8-17)21(27)28-2/h3-5,8,11-13,16,18H,6-7,9H2,1-2H3/t13-,16?,18-,22?/m0/s1. The van der Waals surface area contributed by atoms with Crippen LogP contribution in [0.4, 0.5) is 0 Å². The van der Waals surface area contributed by atoms with Crippen LogP contribution in [0.1, 0.15) is 46.9 Å². The van der Waals surface area contributed by atoms with Gasteiger partial charge in [-0.25, -0.2) is 14.8 Å². The molecule has 6 nitrogen and oxygen atoms in total. The number of carbonyl (C=O) groups excluding carboxylic acids is 2. The molecule has 1 aromatic carbocycles. The van der Waals surface area contributed by atoms with Crippen LogP contribution in [0.5, 0.6) is 0 Å². The number of benzene rings is 1. The van der Waals surface area contributed by atoms with E-state index in [0.29, 0.717) is 12.0 Å². The second-order valence-corrected chi connectivity index (χ2v) is 7.66. The molecule has 0 spiro atoms. The maximum atomic E-state index is 12.8. The highest BCUT2D eigenvalue weighted by Gasteiger charge is 2.56. The fourth-order valence-corrected chi connectivity index (χ4v) is 5.16. The molecule has 0 saturated heterocycles. The molecule has 28 heavy (non-hydrogen) atoms. The average molecular weight is 375 g/mol. The Morgan fingerprint density at radius 2 is 2.21 bits per heavy atom. The first-order valence-corrected chi connectivity index (χ1v) is 9.44. The van der Waals surface area contributed by atoms with E-state index in [9.17, 15) is 14.9 Å². The lowest BCUT2D eigenvalue weighted by Gasteiger charge is -2.51. The number of nitrogens with zero attached hydrogens (tertiary/aromatic N) is 3. The van der Waals surface area contributed by atoms with Gasteiger partial charge in [-0.15, -0.1) is 0 Å². The molecule has 2 aliphatic rings. The van der Waals surface area contributed by atoms with E-state index < -0.39 is 17.3 Å². The fraction of sp³-hybridized carbons (Fsp3) is 0.409. The summed E-state index contributed by atoms with van der Waals surface area (Å²) in [5, 5.41) is 9.68. The summed E-state index contributed by atoms with van der Waals surface area (Å²) < 4.78 is 4.89. The lowest BCUT2D eigenvalue weighted by molar-refractivity contribution is -0.131. The highest BCUT2D eigenvalue weighted by Crippen LogP contribution is 2.55. The van der Waals surface area contributed by atoms with E-state index in [4.69, 9.17) is 4.74 Å². The van der Waals surface area contributed by atoms with Gasteiger partial charge >= 0.3 is 5.97 Å². The van der Waals surface area contributed by atoms with Crippen LogP contribution in [0, 0.1) is 29.1 Å². The molecule has 0 radical (unpaired) electrons. The Morgan fingerprint density at radius 1 is 1.39 bits per heavy atom. The zero-order valence-corrected chi connectivity index (χ0v) is 15.9. The third kappa shape index (κ3) is 2.54. The van der Waals surface area contributed by atoms with Crippen molar-refractivity contribution >= 4 is 11.8 Å². The SMILES string of the molecule is COC(=O)c1cccc(C23CC(C#N)C(=O)[C@@H](C)[C@@H]2CCc2cncnc23)c1. The summed E-state index contributed by atoms with van der Waals surface area (Å²) in [7, 11) is 1.35. The van der Waals surface area contributed by atoms with Crippen LogP contribution in [0.25, 0.3) is 0 Å². The third-order valence-electron chi connectivity index (χ3n) is 6.44. The van der Waals surface area contributed by atoms with Crippen LogP contribution >= 0.6 is 0 Å². The predicted molar refractivity (Wildman–Crippen MR) is 100 cm³/mol. The summed E-state index contributed by atoms with van der Waals surface area (Å²) in [6.07, 6.45) is 5.33. The van der Waals surface area contributed by atoms with Crippen molar-refractivity contribution in [2.75, 3.05) is 7.11 Å². The molecular weight excluding hydrogens is 354 g/mol. The molecule has 1 aromatic heterocycles. The minimum absolute atomic E-state index is 0.00440. The fourth-order valence-electron chi connectivity index (χ4n) is 5.16. The molecule has 0 aliphatic heterocycles. The van der Waals surface area contributed by atoms with Crippen molar-refractivity contribution in [2.45, 2.75) is 31.6 Å². The molecule has 0 bridgehead atoms. The number of aromatic nitrogens is 2. The van der Waals surface area contributed by atoms with Gasteiger partial charge in [-0.3, -0.25) is 4.79 Å². The van der Waals surface area contributed by atoms with Gasteiger partial charge in [0.15, 0.2) is 5.78 Å². The average Bonchev–Trinajstić information content (AvgIpc) is 2.75. The van der Waals surface area contributed by atoms with Crippen molar-refractivity contribution in [1.29, 1.82) is 5.26 Å². The second kappa shape index (κ2) is 6.83. The number of hydrogen-bond acceptors (Lipinski definition) is 6. The van der Waals surface area contributed by atoms with Crippen molar-refractivity contribution in [3.05, 3.63) is 59.2 Å². The summed E-state index contributed by atoms with van der Waals surface area (Å²) >= 11 is 0. The Kier molecular flexibility index (Phi) is 4.46. The summed E-state index contributed by atoms with van der Waals surface area (Å²) in [5.74, 6) is -1.35. The quantitative estimate of drug-likeness (QED) is 0.750. The molecule has 4 rings (SSSR count). The minimum Gasteiger partial charge on any atom is -0.465 e. The number of nitriles is 1. The Morgan fingerprint density at radius 3 is 2.96 bits per heavy atom. The molecule has 1 saturated carbocycles. The largest absolute Gasteiger partial charge is 0.465 e. The van der Waals surface area contributed by atoms with Gasteiger partial charge in [-0.1, -0.05) is 19.1 Å². The smallest absolute Gasteiger partial charge is 0.337 e. The van der Waals surface area contributed by atoms with E-state index in [1.807, 2.05) is 31.3 Å². The van der Waals surface area contributed by atoms with Crippen molar-refractivity contribution in [3.63, 3.8) is 0 Å². The number of rotatable bonds is 2. The van der Waals surface area contributed by atoms with Crippen LogP contribution in [0.2, 0.25) is 0 Å². The number of ketones is 1. The Hall–Kier alpha value is -3.07. The first-order chi connectivity index (χ1) is 13.5. The van der Waals surface area contributed by atoms with Gasteiger partial charge in [0.2, 0.25) is 0 Å². The van der Waals surface area contributed by atoms with Gasteiger partial charge in [-0.05, 0) is 48.4 Å². The van der Waals surface area contributed by atoms with E-state index in [1.54, 1.807) is 6.07 Å². The molecule has 2 aromatic rings. The lowest BCUT2D eigenvalue weighted by Crippen LogP contribution is -2.53. The number of hydrogen-bond donors (Lipinski definition) is 0. The molecule has 2 unspecified atom stereocenters. The molecule has 1 fully saturated rings. The van der Waals surface area contributed by atoms with E-state index >= 15 is 0 Å². The number of methoxy groups -OCH3 is 1. The van der Waals surface area contributed by atoms with Crippen molar-refractivity contribution in [2.24, 2.45) is 17.8 Å². The zero-order valence-electron chi connectivity index (χ0n) is 15.9. The van der Waals surface area contributed by atoms with E-state index in [0.717, 1.165) is 29.7 Å². The Balaban J connectivity index is 1.98. The topological polar surface area (TPSA) is 92.9 Å². The Labute approximate surface area is 163 Å². The van der Waals surface area contributed by atoms with E-state index in [2.05, 4.69) is 16.0 Å². The predicted octanol–water partition coefficient (Wildman–Crippen LogP) is 2.86. The van der Waals surface area contributed by atoms with Crippen LogP contribution in [0.3, 0.4) is 0 Å². The van der Waals surface area contributed by atoms with Crippen LogP contribution in [0.15, 0.2) is 36.8 Å². The molecule has 1 heterocycles.